The molecule has 7 heteroatoms. The number of hydrogen-bond acceptors (Lipinski definition) is 3. The van der Waals surface area contributed by atoms with Gasteiger partial charge in [-0.25, -0.2) is 4.79 Å². The fourth-order valence-electron chi connectivity index (χ4n) is 2.28. The molecule has 1 aromatic heterocycles. The zero-order valence-electron chi connectivity index (χ0n) is 15.4. The summed E-state index contributed by atoms with van der Waals surface area (Å²) in [7, 11) is 1.59. The summed E-state index contributed by atoms with van der Waals surface area (Å²) in [5.74, 6) is -0.812. The molecule has 0 aromatic carbocycles. The number of carbonyl (C=O) groups excluding carboxylic acids is 2. The number of nitrogens with zero attached hydrogens (tertiary/aromatic N) is 2. The Bertz CT molecular complexity index is 759. The van der Waals surface area contributed by atoms with E-state index in [4.69, 9.17) is 6.58 Å². The second-order valence-corrected chi connectivity index (χ2v) is 4.64. The molecule has 0 radical (unpaired) electrons. The molecule has 2 amide bonds. The first-order chi connectivity index (χ1) is 10.5. The number of imide groups is 1. The van der Waals surface area contributed by atoms with Crippen LogP contribution in [-0.4, -0.2) is 20.9 Å². The molecule has 1 aliphatic heterocycles. The molecule has 2 rings (SSSR count). The van der Waals surface area contributed by atoms with Gasteiger partial charge in [0.1, 0.15) is 6.04 Å². The van der Waals surface area contributed by atoms with Crippen LogP contribution in [0, 0.1) is 7.43 Å². The number of nitrogens with one attached hydrogen (secondary N) is 1. The smallest absolute Gasteiger partial charge is 0.374 e. The molecule has 0 aliphatic carbocycles. The van der Waals surface area contributed by atoms with Crippen molar-refractivity contribution in [3.8, 4) is 0 Å². The maximum Gasteiger partial charge on any atom is 1.00 e. The Morgan fingerprint density at radius 3 is 2.33 bits per heavy atom. The van der Waals surface area contributed by atoms with E-state index in [-0.39, 0.29) is 88.6 Å². The standard InChI is InChI=1S/C14H16N3O3.C2H6.CH3.K/c1-4-5-6-10-9(2)17(14(20)16(10)3)11-7-8-12(18)15-13(11)19;1-2;;/h2,4-6,11H,7-8H2,1,3H3,(H,15,18,19);1-2H3;1H3;/q-1;;-1;+1/b5-4-,10-6+;;;. The third-order valence-electron chi connectivity index (χ3n) is 3.34. The molecule has 1 aliphatic rings. The Kier molecular flexibility index (Phi) is 12.5. The van der Waals surface area contributed by atoms with Crippen LogP contribution in [0.1, 0.15) is 39.7 Å². The van der Waals surface area contributed by atoms with E-state index >= 15 is 0 Å². The predicted molar refractivity (Wildman–Crippen MR) is 91.8 cm³/mol. The molecule has 1 unspecified atom stereocenters. The largest absolute Gasteiger partial charge is 1.00 e. The first-order valence-electron chi connectivity index (χ1n) is 7.33. The minimum Gasteiger partial charge on any atom is -0.374 e. The van der Waals surface area contributed by atoms with Crippen LogP contribution in [-0.2, 0) is 16.6 Å². The molecule has 1 fully saturated rings. The van der Waals surface area contributed by atoms with Crippen molar-refractivity contribution in [2.75, 3.05) is 0 Å². The summed E-state index contributed by atoms with van der Waals surface area (Å²) < 4.78 is 2.64. The average Bonchev–Trinajstić information content (AvgIpc) is 2.71. The second-order valence-electron chi connectivity index (χ2n) is 4.64. The number of aromatic nitrogens is 2. The average molecular weight is 359 g/mol. The van der Waals surface area contributed by atoms with Crippen molar-refractivity contribution in [2.24, 2.45) is 7.05 Å². The number of allylic oxidation sites excluding steroid dienone is 2. The molecule has 1 aromatic rings. The van der Waals surface area contributed by atoms with Gasteiger partial charge in [0.25, 0.3) is 0 Å². The quantitative estimate of drug-likeness (QED) is 0.355. The van der Waals surface area contributed by atoms with E-state index in [0.717, 1.165) is 0 Å². The van der Waals surface area contributed by atoms with Gasteiger partial charge < -0.3 is 16.6 Å². The van der Waals surface area contributed by atoms with Crippen LogP contribution in [0.4, 0.5) is 0 Å². The fourth-order valence-corrected chi connectivity index (χ4v) is 2.28. The van der Waals surface area contributed by atoms with E-state index in [9.17, 15) is 14.4 Å². The number of imidazole rings is 1. The van der Waals surface area contributed by atoms with Crippen LogP contribution in [0.25, 0.3) is 12.7 Å². The molecule has 24 heavy (non-hydrogen) atoms. The normalized spacial score (nSPS) is 17.5. The molecule has 1 saturated heterocycles. The van der Waals surface area contributed by atoms with Gasteiger partial charge in [-0.05, 0) is 20.4 Å². The van der Waals surface area contributed by atoms with Gasteiger partial charge in [0, 0.05) is 6.42 Å². The van der Waals surface area contributed by atoms with Gasteiger partial charge in [-0.15, -0.1) is 11.4 Å². The minimum absolute atomic E-state index is 0. The van der Waals surface area contributed by atoms with Crippen LogP contribution in [0.15, 0.2) is 16.9 Å². The van der Waals surface area contributed by atoms with Gasteiger partial charge in [-0.1, -0.05) is 31.3 Å². The van der Waals surface area contributed by atoms with Gasteiger partial charge >= 0.3 is 57.1 Å². The number of piperidine rings is 1. The summed E-state index contributed by atoms with van der Waals surface area (Å²) >= 11 is 0. The monoisotopic (exact) mass is 358 g/mol. The van der Waals surface area contributed by atoms with E-state index in [2.05, 4.69) is 5.32 Å². The summed E-state index contributed by atoms with van der Waals surface area (Å²) in [6.07, 6.45) is 5.76. The first-order valence-corrected chi connectivity index (χ1v) is 7.33. The van der Waals surface area contributed by atoms with E-state index < -0.39 is 11.9 Å². The van der Waals surface area contributed by atoms with Crippen molar-refractivity contribution in [1.82, 2.24) is 14.5 Å². The van der Waals surface area contributed by atoms with Gasteiger partial charge in [-0.2, -0.15) is 0 Å². The summed E-state index contributed by atoms with van der Waals surface area (Å²) in [6, 6.07) is -0.737. The van der Waals surface area contributed by atoms with E-state index in [0.29, 0.717) is 5.35 Å². The number of rotatable bonds is 2. The number of hydrogen-bond donors (Lipinski definition) is 1. The van der Waals surface area contributed by atoms with Crippen molar-refractivity contribution in [3.63, 3.8) is 0 Å². The molecule has 1 atom stereocenters. The number of carbonyl (C=O) groups is 2. The van der Waals surface area contributed by atoms with Crippen molar-refractivity contribution < 1.29 is 61.0 Å². The zero-order valence-corrected chi connectivity index (χ0v) is 18.5. The topological polar surface area (TPSA) is 73.1 Å². The fraction of sp³-hybridized carbons (Fsp3) is 0.412. The molecule has 128 valence electrons. The maximum absolute atomic E-state index is 12.2. The van der Waals surface area contributed by atoms with Crippen molar-refractivity contribution in [3.05, 3.63) is 40.8 Å². The predicted octanol–water partition coefficient (Wildman–Crippen LogP) is -2.71. The third kappa shape index (κ3) is 5.39. The van der Waals surface area contributed by atoms with Crippen LogP contribution in [0.3, 0.4) is 0 Å². The first kappa shape index (κ1) is 25.5. The maximum atomic E-state index is 12.2. The van der Waals surface area contributed by atoms with Crippen LogP contribution in [0.5, 0.6) is 0 Å². The van der Waals surface area contributed by atoms with Crippen molar-refractivity contribution in [2.45, 2.75) is 39.7 Å². The molecule has 1 N–H and O–H groups in total. The number of amides is 2. The summed E-state index contributed by atoms with van der Waals surface area (Å²) in [6.45, 7) is 11.8. The van der Waals surface area contributed by atoms with E-state index in [1.54, 1.807) is 19.2 Å². The molecule has 0 spiro atoms. The van der Waals surface area contributed by atoms with Crippen LogP contribution in [0.2, 0.25) is 0 Å². The molecule has 2 heterocycles. The summed E-state index contributed by atoms with van der Waals surface area (Å²) in [5, 5.41) is 2.99. The Balaban J connectivity index is 0. The Labute approximate surface area is 185 Å². The van der Waals surface area contributed by atoms with Gasteiger partial charge in [0.2, 0.25) is 11.8 Å². The summed E-state index contributed by atoms with van der Waals surface area (Å²) in [5.41, 5.74) is -0.368. The van der Waals surface area contributed by atoms with Gasteiger partial charge in [-0.3, -0.25) is 21.5 Å². The van der Waals surface area contributed by atoms with E-state index in [1.807, 2.05) is 26.8 Å². The van der Waals surface area contributed by atoms with Gasteiger partial charge in [0.05, 0.1) is 0 Å². The zero-order chi connectivity index (χ0) is 16.9. The molecular weight excluding hydrogens is 333 g/mol. The Hall–Kier alpha value is -0.734. The van der Waals surface area contributed by atoms with E-state index in [1.165, 1.54) is 9.13 Å². The van der Waals surface area contributed by atoms with Crippen molar-refractivity contribution in [1.29, 1.82) is 0 Å². The molecule has 0 bridgehead atoms. The molecule has 0 saturated carbocycles. The van der Waals surface area contributed by atoms with Gasteiger partial charge in [0.15, 0.2) is 0 Å². The molecular formula is C17H25KN3O3-. The third-order valence-corrected chi connectivity index (χ3v) is 3.34. The Morgan fingerprint density at radius 1 is 1.25 bits per heavy atom. The SMILES string of the molecule is CC.[CH-]=c1/c(=C\C=C/C)n(C)c(=O)n1C1CCC(=O)NC1=O.[CH3-].[K+]. The Morgan fingerprint density at radius 2 is 1.83 bits per heavy atom. The van der Waals surface area contributed by atoms with Crippen LogP contribution < -0.4 is 73.1 Å². The minimum atomic E-state index is -0.737. The summed E-state index contributed by atoms with van der Waals surface area (Å²) in [4.78, 5) is 35.3. The van der Waals surface area contributed by atoms with Crippen molar-refractivity contribution >= 4 is 24.5 Å². The molecule has 6 nitrogen and oxygen atoms in total. The second kappa shape index (κ2) is 11.8. The van der Waals surface area contributed by atoms with Crippen LogP contribution >= 0.6 is 0 Å².